The quantitative estimate of drug-likeness (QED) is 0.724. The minimum atomic E-state index is -3.49. The lowest BCUT2D eigenvalue weighted by atomic mass is 10.1. The van der Waals surface area contributed by atoms with E-state index < -0.39 is 16.0 Å². The molecule has 2 N–H and O–H groups in total. The zero-order valence-corrected chi connectivity index (χ0v) is 13.8. The van der Waals surface area contributed by atoms with E-state index in [1.807, 2.05) is 6.26 Å². The first-order chi connectivity index (χ1) is 9.85. The third-order valence-electron chi connectivity index (χ3n) is 3.11. The fraction of sp³-hybridized carbons (Fsp3) is 0.500. The molecule has 0 radical (unpaired) electrons. The second-order valence-corrected chi connectivity index (χ2v) is 7.81. The van der Waals surface area contributed by atoms with E-state index in [1.54, 1.807) is 23.9 Å². The van der Waals surface area contributed by atoms with E-state index >= 15 is 0 Å². The second kappa shape index (κ2) is 8.41. The van der Waals surface area contributed by atoms with Gasteiger partial charge in [-0.2, -0.15) is 11.8 Å². The molecule has 0 fully saturated rings. The molecule has 7 heteroatoms. The highest BCUT2D eigenvalue weighted by atomic mass is 32.2. The maximum atomic E-state index is 12.1. The smallest absolute Gasteiger partial charge is 0.303 e. The molecule has 1 aromatic carbocycles. The van der Waals surface area contributed by atoms with Crippen LogP contribution in [0.2, 0.25) is 0 Å². The predicted octanol–water partition coefficient (Wildman–Crippen LogP) is 2.12. The Kier molecular flexibility index (Phi) is 7.21. The van der Waals surface area contributed by atoms with Crippen LogP contribution in [0.3, 0.4) is 0 Å². The summed E-state index contributed by atoms with van der Waals surface area (Å²) >= 11 is 1.70. The second-order valence-electron chi connectivity index (χ2n) is 4.77. The summed E-state index contributed by atoms with van der Waals surface area (Å²) in [7, 11) is -3.49. The zero-order valence-electron chi connectivity index (χ0n) is 12.2. The minimum absolute atomic E-state index is 0.0386. The topological polar surface area (TPSA) is 83.5 Å². The van der Waals surface area contributed by atoms with Gasteiger partial charge in [-0.15, -0.1) is 0 Å². The highest BCUT2D eigenvalue weighted by molar-refractivity contribution is 7.99. The Hall–Kier alpha value is -1.05. The van der Waals surface area contributed by atoms with E-state index in [4.69, 9.17) is 5.11 Å². The molecule has 1 aromatic rings. The van der Waals surface area contributed by atoms with E-state index in [2.05, 4.69) is 11.6 Å². The number of sulfonamides is 1. The fourth-order valence-electron chi connectivity index (χ4n) is 1.68. The molecule has 0 saturated heterocycles. The molecule has 0 aliphatic heterocycles. The molecule has 0 aliphatic carbocycles. The molecule has 0 bridgehead atoms. The number of nitrogens with one attached hydrogen (secondary N) is 1. The molecule has 1 rings (SSSR count). The highest BCUT2D eigenvalue weighted by Crippen LogP contribution is 2.13. The van der Waals surface area contributed by atoms with Gasteiger partial charge in [-0.25, -0.2) is 13.1 Å². The number of carboxylic acid groups (broad SMARTS) is 1. The van der Waals surface area contributed by atoms with Gasteiger partial charge < -0.3 is 5.11 Å². The van der Waals surface area contributed by atoms with E-state index in [0.717, 1.165) is 12.0 Å². The molecule has 0 saturated carbocycles. The van der Waals surface area contributed by atoms with E-state index in [1.165, 1.54) is 12.1 Å². The van der Waals surface area contributed by atoms with Crippen molar-refractivity contribution in [2.45, 2.75) is 36.3 Å². The Bertz CT molecular complexity index is 555. The highest BCUT2D eigenvalue weighted by Gasteiger charge is 2.13. The van der Waals surface area contributed by atoms with Gasteiger partial charge in [0, 0.05) is 18.2 Å². The average molecular weight is 331 g/mol. The summed E-state index contributed by atoms with van der Waals surface area (Å²) in [5.74, 6) is -0.865. The third kappa shape index (κ3) is 6.50. The van der Waals surface area contributed by atoms with Crippen molar-refractivity contribution in [2.24, 2.45) is 0 Å². The normalized spacial score (nSPS) is 13.0. The lowest BCUT2D eigenvalue weighted by Crippen LogP contribution is -2.26. The predicted molar refractivity (Wildman–Crippen MR) is 85.2 cm³/mol. The lowest BCUT2D eigenvalue weighted by molar-refractivity contribution is -0.136. The van der Waals surface area contributed by atoms with Crippen LogP contribution in [0, 0.1) is 0 Å². The van der Waals surface area contributed by atoms with Crippen LogP contribution in [-0.4, -0.2) is 37.5 Å². The van der Waals surface area contributed by atoms with Crippen LogP contribution in [0.5, 0.6) is 0 Å². The van der Waals surface area contributed by atoms with Crippen molar-refractivity contribution >= 4 is 27.8 Å². The number of rotatable bonds is 9. The number of aryl methyl sites for hydroxylation is 1. The van der Waals surface area contributed by atoms with Crippen molar-refractivity contribution in [3.8, 4) is 0 Å². The first-order valence-electron chi connectivity index (χ1n) is 6.68. The van der Waals surface area contributed by atoms with Gasteiger partial charge in [0.2, 0.25) is 10.0 Å². The molecule has 0 amide bonds. The fourth-order valence-corrected chi connectivity index (χ4v) is 3.09. The van der Waals surface area contributed by atoms with Crippen molar-refractivity contribution in [3.05, 3.63) is 29.8 Å². The minimum Gasteiger partial charge on any atom is -0.481 e. The third-order valence-corrected chi connectivity index (χ3v) is 5.62. The number of carbonyl (C=O) groups is 1. The summed E-state index contributed by atoms with van der Waals surface area (Å²) in [6.07, 6.45) is 3.21. The zero-order chi connectivity index (χ0) is 15.9. The molecule has 1 unspecified atom stereocenters. The van der Waals surface area contributed by atoms with E-state index in [9.17, 15) is 13.2 Å². The van der Waals surface area contributed by atoms with Crippen molar-refractivity contribution in [2.75, 3.05) is 12.8 Å². The summed E-state index contributed by atoms with van der Waals surface area (Å²) in [6.45, 7) is 2.46. The Balaban J connectivity index is 2.60. The molecule has 0 aliphatic rings. The number of hydrogen-bond acceptors (Lipinski definition) is 4. The van der Waals surface area contributed by atoms with Crippen molar-refractivity contribution in [1.82, 2.24) is 4.72 Å². The molecular formula is C14H21NO4S2. The van der Waals surface area contributed by atoms with Crippen LogP contribution in [0.4, 0.5) is 0 Å². The molecule has 5 nitrogen and oxygen atoms in total. The summed E-state index contributed by atoms with van der Waals surface area (Å²) in [5, 5.41) is 9.02. The number of thioether (sulfide) groups is 1. The molecule has 0 aromatic heterocycles. The Morgan fingerprint density at radius 1 is 1.33 bits per heavy atom. The molecular weight excluding hydrogens is 310 g/mol. The summed E-state index contributed by atoms with van der Waals surface area (Å²) in [6, 6.07) is 6.33. The number of carboxylic acids is 1. The van der Waals surface area contributed by atoms with Gasteiger partial charge in [0.1, 0.15) is 0 Å². The number of aliphatic carboxylic acids is 1. The standard InChI is InChI=1S/C14H21NO4S2/c1-11(20-2)9-10-15-21(18,19)13-6-3-12(4-7-13)5-8-14(16)17/h3-4,6-7,11,15H,5,8-10H2,1-2H3,(H,16,17). The SMILES string of the molecule is CSC(C)CCNS(=O)(=O)c1ccc(CCC(=O)O)cc1. The maximum Gasteiger partial charge on any atom is 0.303 e. The lowest BCUT2D eigenvalue weighted by Gasteiger charge is -2.10. The van der Waals surface area contributed by atoms with Gasteiger partial charge in [0.15, 0.2) is 0 Å². The summed E-state index contributed by atoms with van der Waals surface area (Å²) in [5.41, 5.74) is 0.812. The summed E-state index contributed by atoms with van der Waals surface area (Å²) < 4.78 is 26.7. The van der Waals surface area contributed by atoms with E-state index in [-0.39, 0.29) is 11.3 Å². The van der Waals surface area contributed by atoms with Crippen molar-refractivity contribution < 1.29 is 18.3 Å². The van der Waals surface area contributed by atoms with Gasteiger partial charge in [-0.05, 0) is 36.8 Å². The molecule has 118 valence electrons. The van der Waals surface area contributed by atoms with Gasteiger partial charge >= 0.3 is 5.97 Å². The van der Waals surface area contributed by atoms with Gasteiger partial charge in [0.25, 0.3) is 0 Å². The van der Waals surface area contributed by atoms with Crippen LogP contribution < -0.4 is 4.72 Å². The average Bonchev–Trinajstić information content (AvgIpc) is 2.45. The molecule has 1 atom stereocenters. The van der Waals surface area contributed by atoms with Crippen LogP contribution in [0.25, 0.3) is 0 Å². The van der Waals surface area contributed by atoms with Gasteiger partial charge in [-0.3, -0.25) is 4.79 Å². The maximum absolute atomic E-state index is 12.1. The molecule has 21 heavy (non-hydrogen) atoms. The summed E-state index contributed by atoms with van der Waals surface area (Å²) in [4.78, 5) is 10.7. The number of benzene rings is 1. The van der Waals surface area contributed by atoms with Crippen molar-refractivity contribution in [1.29, 1.82) is 0 Å². The van der Waals surface area contributed by atoms with Gasteiger partial charge in [0.05, 0.1) is 4.90 Å². The molecule has 0 spiro atoms. The first-order valence-corrected chi connectivity index (χ1v) is 9.45. The monoisotopic (exact) mass is 331 g/mol. The largest absolute Gasteiger partial charge is 0.481 e. The van der Waals surface area contributed by atoms with Crippen LogP contribution in [0.15, 0.2) is 29.2 Å². The Morgan fingerprint density at radius 2 is 1.95 bits per heavy atom. The van der Waals surface area contributed by atoms with E-state index in [0.29, 0.717) is 18.2 Å². The van der Waals surface area contributed by atoms with Crippen molar-refractivity contribution in [3.63, 3.8) is 0 Å². The van der Waals surface area contributed by atoms with Crippen LogP contribution >= 0.6 is 11.8 Å². The Morgan fingerprint density at radius 3 is 2.48 bits per heavy atom. The van der Waals surface area contributed by atoms with Crippen LogP contribution in [-0.2, 0) is 21.2 Å². The number of hydrogen-bond donors (Lipinski definition) is 2. The first kappa shape index (κ1) is 18.0. The molecule has 0 heterocycles. The van der Waals surface area contributed by atoms with Crippen LogP contribution in [0.1, 0.15) is 25.3 Å². The Labute approximate surface area is 130 Å². The van der Waals surface area contributed by atoms with Gasteiger partial charge in [-0.1, -0.05) is 19.1 Å².